The van der Waals surface area contributed by atoms with Gasteiger partial charge in [0.15, 0.2) is 0 Å². The van der Waals surface area contributed by atoms with Gasteiger partial charge >= 0.3 is 0 Å². The highest BCUT2D eigenvalue weighted by molar-refractivity contribution is 6.32. The first-order valence-electron chi connectivity index (χ1n) is 10.5. The number of amides is 2. The maximum absolute atomic E-state index is 13.4. The van der Waals surface area contributed by atoms with Gasteiger partial charge in [-0.2, -0.15) is 0 Å². The quantitative estimate of drug-likeness (QED) is 0.578. The van der Waals surface area contributed by atoms with Crippen molar-refractivity contribution in [2.75, 3.05) is 24.3 Å². The molecule has 1 N–H and O–H groups in total. The number of anilines is 2. The first-order chi connectivity index (χ1) is 14.4. The average molecular weight is 444 g/mol. The Morgan fingerprint density at radius 1 is 1.03 bits per heavy atom. The molecule has 0 bridgehead atoms. The minimum atomic E-state index is -0.631. The third kappa shape index (κ3) is 6.47. The molecule has 0 radical (unpaired) electrons. The molecule has 5 nitrogen and oxygen atoms in total. The van der Waals surface area contributed by atoms with Gasteiger partial charge in [-0.1, -0.05) is 51.1 Å². The molecule has 0 heterocycles. The van der Waals surface area contributed by atoms with Crippen LogP contribution in [0.5, 0.6) is 0 Å². The number of carbonyl (C=O) groups excluding carboxylic acids is 2. The standard InChI is InChI=1S/C25H34ClN3O2/c1-17(26)23(30)27-21-13-14-22(28(6)7)20(15-21)16-29(24(31)25(3,4)5)18(2)19-11-9-8-10-12-19/h8-15,17-18H,16H2,1-7H3,(H,27,30)/t17-,18-/m1/s1. The zero-order valence-corrected chi connectivity index (χ0v) is 20.3. The highest BCUT2D eigenvalue weighted by atomic mass is 35.5. The van der Waals surface area contributed by atoms with Crippen molar-refractivity contribution in [3.8, 4) is 0 Å². The van der Waals surface area contributed by atoms with E-state index in [0.717, 1.165) is 16.8 Å². The van der Waals surface area contributed by atoms with Gasteiger partial charge in [0, 0.05) is 37.4 Å². The molecule has 0 aliphatic heterocycles. The van der Waals surface area contributed by atoms with E-state index in [2.05, 4.69) is 12.2 Å². The molecule has 2 aromatic rings. The van der Waals surface area contributed by atoms with Gasteiger partial charge in [-0.3, -0.25) is 9.59 Å². The molecule has 2 aromatic carbocycles. The van der Waals surface area contributed by atoms with Crippen LogP contribution in [0.3, 0.4) is 0 Å². The number of rotatable bonds is 7. The largest absolute Gasteiger partial charge is 0.377 e. The molecule has 0 saturated heterocycles. The minimum absolute atomic E-state index is 0.0670. The van der Waals surface area contributed by atoms with Crippen LogP contribution in [0.1, 0.15) is 51.8 Å². The lowest BCUT2D eigenvalue weighted by molar-refractivity contribution is -0.142. The first-order valence-corrected chi connectivity index (χ1v) is 11.0. The van der Waals surface area contributed by atoms with Crippen molar-refractivity contribution in [1.29, 1.82) is 0 Å². The van der Waals surface area contributed by atoms with Gasteiger partial charge in [-0.15, -0.1) is 11.6 Å². The molecule has 0 spiro atoms. The minimum Gasteiger partial charge on any atom is -0.377 e. The summed E-state index contributed by atoms with van der Waals surface area (Å²) in [4.78, 5) is 29.4. The molecule has 2 rings (SSSR count). The molecule has 2 amide bonds. The Hall–Kier alpha value is -2.53. The third-order valence-electron chi connectivity index (χ3n) is 5.18. The Labute approximate surface area is 191 Å². The number of carbonyl (C=O) groups is 2. The zero-order chi connectivity index (χ0) is 23.3. The zero-order valence-electron chi connectivity index (χ0n) is 19.6. The van der Waals surface area contributed by atoms with Gasteiger partial charge in [0.1, 0.15) is 5.38 Å². The summed E-state index contributed by atoms with van der Waals surface area (Å²) in [6.45, 7) is 9.91. The number of hydrogen-bond donors (Lipinski definition) is 1. The fourth-order valence-electron chi connectivity index (χ4n) is 3.38. The van der Waals surface area contributed by atoms with Gasteiger partial charge < -0.3 is 15.1 Å². The Balaban J connectivity index is 2.48. The first kappa shape index (κ1) is 24.7. The van der Waals surface area contributed by atoms with E-state index in [1.165, 1.54) is 0 Å². The number of alkyl halides is 1. The van der Waals surface area contributed by atoms with Crippen LogP contribution < -0.4 is 10.2 Å². The summed E-state index contributed by atoms with van der Waals surface area (Å²) >= 11 is 5.91. The summed E-state index contributed by atoms with van der Waals surface area (Å²) < 4.78 is 0. The van der Waals surface area contributed by atoms with E-state index in [9.17, 15) is 9.59 Å². The fraction of sp³-hybridized carbons (Fsp3) is 0.440. The van der Waals surface area contributed by atoms with Crippen molar-refractivity contribution in [2.45, 2.75) is 52.6 Å². The average Bonchev–Trinajstić information content (AvgIpc) is 2.70. The van der Waals surface area contributed by atoms with Crippen molar-refractivity contribution in [1.82, 2.24) is 4.90 Å². The van der Waals surface area contributed by atoms with E-state index in [1.807, 2.05) is 93.2 Å². The Morgan fingerprint density at radius 2 is 1.65 bits per heavy atom. The lowest BCUT2D eigenvalue weighted by Crippen LogP contribution is -2.40. The van der Waals surface area contributed by atoms with E-state index in [1.54, 1.807) is 6.92 Å². The van der Waals surface area contributed by atoms with Crippen molar-refractivity contribution < 1.29 is 9.59 Å². The lowest BCUT2D eigenvalue weighted by atomic mass is 9.92. The predicted octanol–water partition coefficient (Wildman–Crippen LogP) is 5.45. The molecule has 31 heavy (non-hydrogen) atoms. The van der Waals surface area contributed by atoms with Crippen LogP contribution in [0, 0.1) is 5.41 Å². The van der Waals surface area contributed by atoms with Crippen LogP contribution in [0.25, 0.3) is 0 Å². The number of nitrogens with zero attached hydrogens (tertiary/aromatic N) is 2. The fourth-order valence-corrected chi connectivity index (χ4v) is 3.43. The smallest absolute Gasteiger partial charge is 0.242 e. The number of nitrogens with one attached hydrogen (secondary N) is 1. The highest BCUT2D eigenvalue weighted by Gasteiger charge is 2.31. The van der Waals surface area contributed by atoms with E-state index in [-0.39, 0.29) is 17.9 Å². The van der Waals surface area contributed by atoms with Gasteiger partial charge in [0.25, 0.3) is 0 Å². The van der Waals surface area contributed by atoms with Crippen molar-refractivity contribution in [3.05, 3.63) is 59.7 Å². The van der Waals surface area contributed by atoms with Crippen molar-refractivity contribution in [2.24, 2.45) is 5.41 Å². The third-order valence-corrected chi connectivity index (χ3v) is 5.38. The lowest BCUT2D eigenvalue weighted by Gasteiger charge is -2.35. The molecule has 168 valence electrons. The van der Waals surface area contributed by atoms with E-state index < -0.39 is 10.8 Å². The van der Waals surface area contributed by atoms with E-state index in [4.69, 9.17) is 11.6 Å². The highest BCUT2D eigenvalue weighted by Crippen LogP contribution is 2.32. The second kappa shape index (κ2) is 10.2. The molecule has 0 aromatic heterocycles. The topological polar surface area (TPSA) is 52.7 Å². The number of benzene rings is 2. The SMILES string of the molecule is C[C@H](c1ccccc1)N(Cc1cc(NC(=O)[C@@H](C)Cl)ccc1N(C)C)C(=O)C(C)(C)C. The summed E-state index contributed by atoms with van der Waals surface area (Å²) in [5.74, 6) is -0.192. The molecule has 0 aliphatic carbocycles. The van der Waals surface area contributed by atoms with Crippen molar-refractivity contribution >= 4 is 34.8 Å². The Bertz CT molecular complexity index is 905. The van der Waals surface area contributed by atoms with Gasteiger partial charge in [0.05, 0.1) is 6.04 Å². The van der Waals surface area contributed by atoms with Crippen LogP contribution in [-0.4, -0.2) is 36.2 Å². The van der Waals surface area contributed by atoms with Gasteiger partial charge in [-0.25, -0.2) is 0 Å². The Morgan fingerprint density at radius 3 is 2.16 bits per heavy atom. The maximum atomic E-state index is 13.4. The summed E-state index contributed by atoms with van der Waals surface area (Å²) in [6, 6.07) is 15.7. The van der Waals surface area contributed by atoms with E-state index in [0.29, 0.717) is 12.2 Å². The normalized spacial score (nSPS) is 13.3. The maximum Gasteiger partial charge on any atom is 0.242 e. The molecule has 0 saturated carbocycles. The number of halogens is 1. The molecule has 6 heteroatoms. The molecule has 0 unspecified atom stereocenters. The predicted molar refractivity (Wildman–Crippen MR) is 130 cm³/mol. The van der Waals surface area contributed by atoms with Crippen LogP contribution >= 0.6 is 11.6 Å². The number of hydrogen-bond acceptors (Lipinski definition) is 3. The molecule has 0 aliphatic rings. The summed E-state index contributed by atoms with van der Waals surface area (Å²) in [5, 5.41) is 2.22. The second-order valence-electron chi connectivity index (χ2n) is 9.11. The van der Waals surface area contributed by atoms with Crippen LogP contribution in [-0.2, 0) is 16.1 Å². The molecular formula is C25H34ClN3O2. The monoisotopic (exact) mass is 443 g/mol. The second-order valence-corrected chi connectivity index (χ2v) is 9.77. The Kier molecular flexibility index (Phi) is 8.13. The van der Waals surface area contributed by atoms with Crippen LogP contribution in [0.2, 0.25) is 0 Å². The molecule has 0 fully saturated rings. The van der Waals surface area contributed by atoms with E-state index >= 15 is 0 Å². The summed E-state index contributed by atoms with van der Waals surface area (Å²) in [7, 11) is 3.93. The van der Waals surface area contributed by atoms with Crippen LogP contribution in [0.15, 0.2) is 48.5 Å². The van der Waals surface area contributed by atoms with Gasteiger partial charge in [-0.05, 0) is 43.2 Å². The summed E-state index contributed by atoms with van der Waals surface area (Å²) in [5.41, 5.74) is 3.15. The summed E-state index contributed by atoms with van der Waals surface area (Å²) in [6.07, 6.45) is 0. The van der Waals surface area contributed by atoms with Gasteiger partial charge in [0.2, 0.25) is 11.8 Å². The molecular weight excluding hydrogens is 410 g/mol. The van der Waals surface area contributed by atoms with Crippen molar-refractivity contribution in [3.63, 3.8) is 0 Å². The van der Waals surface area contributed by atoms with Crippen LogP contribution in [0.4, 0.5) is 11.4 Å². The molecule has 2 atom stereocenters.